The third-order valence-corrected chi connectivity index (χ3v) is 14.1. The van der Waals surface area contributed by atoms with Gasteiger partial charge in [0.25, 0.3) is 0 Å². The topological polar surface area (TPSA) is 49.6 Å². The van der Waals surface area contributed by atoms with Crippen molar-refractivity contribution in [2.75, 3.05) is 0 Å². The summed E-state index contributed by atoms with van der Waals surface area (Å²) in [6, 6.07) is 76.5. The molecule has 0 amide bonds. The largest absolute Gasteiger partial charge is 0.456 e. The number of nitrogens with one attached hydrogen (secondary N) is 2. The molecule has 302 valence electrons. The Balaban J connectivity index is 0.924. The molecule has 3 heterocycles. The summed E-state index contributed by atoms with van der Waals surface area (Å²) in [6.45, 7) is 0. The van der Waals surface area contributed by atoms with E-state index in [1.807, 2.05) is 11.3 Å². The van der Waals surface area contributed by atoms with Crippen LogP contribution in [0.4, 0.5) is 0 Å². The molecule has 2 atom stereocenters. The van der Waals surface area contributed by atoms with E-state index in [4.69, 9.17) is 9.41 Å². The van der Waals surface area contributed by atoms with E-state index in [9.17, 15) is 0 Å². The van der Waals surface area contributed by atoms with Crippen molar-refractivity contribution in [2.24, 2.45) is 4.99 Å². The standard InChI is InChI=1S/C59H39N3OS/c1-2-11-36(12-3-1)41-17-10-18-42(29-41)47-33-49(56-51-31-43-15-6-7-16-44(43)34-52(51)63-53(56)35-47)38-22-24-39(25-23-38)57-60-58(45-26-21-37-13-4-5-14-40(37)30-45)62-59(61-57)46-27-28-55-50(32-46)48-19-8-9-20-54(48)64-55/h1-35,57-58,60H,(H,61,62). The van der Waals surface area contributed by atoms with Crippen molar-refractivity contribution in [1.82, 2.24) is 10.6 Å². The third-order valence-electron chi connectivity index (χ3n) is 12.9. The number of benzene rings is 10. The van der Waals surface area contributed by atoms with Gasteiger partial charge in [0, 0.05) is 36.5 Å². The third kappa shape index (κ3) is 6.36. The highest BCUT2D eigenvalue weighted by Gasteiger charge is 2.27. The number of thiophene rings is 1. The Bertz CT molecular complexity index is 3810. The van der Waals surface area contributed by atoms with Gasteiger partial charge in [-0.1, -0.05) is 152 Å². The summed E-state index contributed by atoms with van der Waals surface area (Å²) in [4.78, 5) is 5.37. The van der Waals surface area contributed by atoms with Crippen molar-refractivity contribution in [2.45, 2.75) is 12.3 Å². The molecule has 0 radical (unpaired) electrons. The lowest BCUT2D eigenvalue weighted by Crippen LogP contribution is -2.44. The molecule has 0 aliphatic carbocycles. The SMILES string of the molecule is c1ccc(-c2cccc(-c3cc(-c4ccc(C5NC(c6ccc7sc8ccccc8c7c6)=NC(c6ccc7ccccc7c6)N5)cc4)c4c(c3)oc3cc5ccccc5cc34)c2)cc1. The maximum Gasteiger partial charge on any atom is 0.136 e. The van der Waals surface area contributed by atoms with Crippen molar-refractivity contribution in [3.05, 3.63) is 229 Å². The highest BCUT2D eigenvalue weighted by molar-refractivity contribution is 7.25. The van der Waals surface area contributed by atoms with E-state index in [1.165, 1.54) is 47.5 Å². The fraction of sp³-hybridized carbons (Fsp3) is 0.0339. The molecular weight excluding hydrogens is 799 g/mol. The first-order valence-electron chi connectivity index (χ1n) is 21.8. The molecule has 0 fully saturated rings. The van der Waals surface area contributed by atoms with Crippen molar-refractivity contribution < 1.29 is 4.42 Å². The maximum absolute atomic E-state index is 6.77. The summed E-state index contributed by atoms with van der Waals surface area (Å²) in [7, 11) is 0. The van der Waals surface area contributed by atoms with E-state index in [1.54, 1.807) is 0 Å². The first-order chi connectivity index (χ1) is 31.6. The van der Waals surface area contributed by atoms with Crippen LogP contribution in [0.5, 0.6) is 0 Å². The molecule has 12 aromatic rings. The van der Waals surface area contributed by atoms with Crippen LogP contribution >= 0.6 is 11.3 Å². The minimum Gasteiger partial charge on any atom is -0.456 e. The molecule has 0 bridgehead atoms. The van der Waals surface area contributed by atoms with Crippen LogP contribution in [0.1, 0.15) is 29.0 Å². The molecule has 2 N–H and O–H groups in total. The Hall–Kier alpha value is -7.83. The van der Waals surface area contributed by atoms with Gasteiger partial charge < -0.3 is 9.73 Å². The van der Waals surface area contributed by atoms with Crippen LogP contribution in [0.25, 0.3) is 97.0 Å². The van der Waals surface area contributed by atoms with Gasteiger partial charge in [0.15, 0.2) is 0 Å². The molecule has 64 heavy (non-hydrogen) atoms. The molecule has 0 saturated carbocycles. The monoisotopic (exact) mass is 837 g/mol. The smallest absolute Gasteiger partial charge is 0.136 e. The van der Waals surface area contributed by atoms with Crippen molar-refractivity contribution in [3.63, 3.8) is 0 Å². The summed E-state index contributed by atoms with van der Waals surface area (Å²) in [5.41, 5.74) is 12.0. The van der Waals surface area contributed by atoms with Crippen molar-refractivity contribution in [3.8, 4) is 33.4 Å². The zero-order valence-electron chi connectivity index (χ0n) is 34.6. The Labute approximate surface area is 373 Å². The number of fused-ring (bicyclic) bond motifs is 8. The van der Waals surface area contributed by atoms with Crippen LogP contribution in [0, 0.1) is 0 Å². The Morgan fingerprint density at radius 3 is 1.92 bits per heavy atom. The highest BCUT2D eigenvalue weighted by atomic mass is 32.1. The normalized spacial score (nSPS) is 15.3. The minimum atomic E-state index is -0.268. The first-order valence-corrected chi connectivity index (χ1v) is 22.6. The van der Waals surface area contributed by atoms with Gasteiger partial charge in [0.1, 0.15) is 29.3 Å². The fourth-order valence-corrected chi connectivity index (χ4v) is 10.7. The predicted molar refractivity (Wildman–Crippen MR) is 269 cm³/mol. The van der Waals surface area contributed by atoms with Gasteiger partial charge in [0.2, 0.25) is 0 Å². The van der Waals surface area contributed by atoms with E-state index < -0.39 is 0 Å². The molecule has 5 heteroatoms. The molecular formula is C59H39N3OS. The Morgan fingerprint density at radius 1 is 0.406 bits per heavy atom. The second-order valence-electron chi connectivity index (χ2n) is 16.8. The van der Waals surface area contributed by atoms with E-state index in [-0.39, 0.29) is 12.3 Å². The van der Waals surface area contributed by atoms with Gasteiger partial charge in [-0.2, -0.15) is 0 Å². The average Bonchev–Trinajstić information content (AvgIpc) is 3.93. The zero-order chi connectivity index (χ0) is 42.1. The van der Waals surface area contributed by atoms with Crippen LogP contribution < -0.4 is 10.6 Å². The van der Waals surface area contributed by atoms with E-state index in [0.717, 1.165) is 72.1 Å². The molecule has 2 unspecified atom stereocenters. The van der Waals surface area contributed by atoms with Crippen LogP contribution in [0.15, 0.2) is 222 Å². The number of nitrogens with zero attached hydrogens (tertiary/aromatic N) is 1. The van der Waals surface area contributed by atoms with E-state index in [2.05, 4.69) is 223 Å². The lowest BCUT2D eigenvalue weighted by molar-refractivity contribution is 0.409. The second-order valence-corrected chi connectivity index (χ2v) is 17.9. The average molecular weight is 838 g/mol. The molecule has 0 saturated heterocycles. The number of aliphatic imine (C=N–C) groups is 1. The lowest BCUT2D eigenvalue weighted by Gasteiger charge is -2.32. The van der Waals surface area contributed by atoms with Crippen LogP contribution in [0.3, 0.4) is 0 Å². The van der Waals surface area contributed by atoms with Crippen LogP contribution in [0.2, 0.25) is 0 Å². The van der Waals surface area contributed by atoms with E-state index >= 15 is 0 Å². The fourth-order valence-electron chi connectivity index (χ4n) is 9.65. The lowest BCUT2D eigenvalue weighted by atomic mass is 9.92. The minimum absolute atomic E-state index is 0.207. The number of furan rings is 1. The summed E-state index contributed by atoms with van der Waals surface area (Å²) in [6.07, 6.45) is -0.475. The van der Waals surface area contributed by atoms with Crippen LogP contribution in [-0.4, -0.2) is 5.84 Å². The Morgan fingerprint density at radius 2 is 1.08 bits per heavy atom. The molecule has 2 aromatic heterocycles. The number of rotatable bonds is 6. The van der Waals surface area contributed by atoms with Crippen molar-refractivity contribution in [1.29, 1.82) is 0 Å². The van der Waals surface area contributed by atoms with Gasteiger partial charge >= 0.3 is 0 Å². The maximum atomic E-state index is 6.77. The molecule has 0 spiro atoms. The highest BCUT2D eigenvalue weighted by Crippen LogP contribution is 2.42. The molecule has 1 aliphatic heterocycles. The van der Waals surface area contributed by atoms with Gasteiger partial charge in [-0.15, -0.1) is 11.3 Å². The summed E-state index contributed by atoms with van der Waals surface area (Å²) < 4.78 is 9.34. The zero-order valence-corrected chi connectivity index (χ0v) is 35.4. The molecule has 4 nitrogen and oxygen atoms in total. The van der Waals surface area contributed by atoms with Gasteiger partial charge in [0.05, 0.1) is 0 Å². The van der Waals surface area contributed by atoms with Crippen LogP contribution in [-0.2, 0) is 0 Å². The predicted octanol–water partition coefficient (Wildman–Crippen LogP) is 15.6. The van der Waals surface area contributed by atoms with Gasteiger partial charge in [-0.05, 0) is 127 Å². The quantitative estimate of drug-likeness (QED) is 0.175. The Kier molecular flexibility index (Phi) is 8.58. The summed E-state index contributed by atoms with van der Waals surface area (Å²) in [5, 5.41) is 17.2. The van der Waals surface area contributed by atoms with Gasteiger partial charge in [-0.25, -0.2) is 4.99 Å². The molecule has 1 aliphatic rings. The molecule has 13 rings (SSSR count). The second kappa shape index (κ2) is 14.9. The molecule has 10 aromatic carbocycles. The number of amidine groups is 1. The summed E-state index contributed by atoms with van der Waals surface area (Å²) >= 11 is 1.83. The first kappa shape index (κ1) is 36.8. The van der Waals surface area contributed by atoms with Crippen molar-refractivity contribution >= 4 is 80.8 Å². The number of hydrogen-bond donors (Lipinski definition) is 2. The van der Waals surface area contributed by atoms with Gasteiger partial charge in [-0.3, -0.25) is 5.32 Å². The summed E-state index contributed by atoms with van der Waals surface area (Å²) in [5.74, 6) is 0.868. The van der Waals surface area contributed by atoms with E-state index in [0.29, 0.717) is 0 Å². The number of hydrogen-bond acceptors (Lipinski definition) is 5.